The summed E-state index contributed by atoms with van der Waals surface area (Å²) < 4.78 is 5.30. The minimum absolute atomic E-state index is 0.0218. The third kappa shape index (κ3) is 4.53. The van der Waals surface area contributed by atoms with Crippen LogP contribution < -0.4 is 10.1 Å². The fourth-order valence-corrected chi connectivity index (χ4v) is 3.51. The Morgan fingerprint density at radius 3 is 2.29 bits per heavy atom. The molecule has 0 bridgehead atoms. The van der Waals surface area contributed by atoms with Crippen LogP contribution in [-0.2, 0) is 0 Å². The van der Waals surface area contributed by atoms with Crippen LogP contribution in [0.2, 0.25) is 0 Å². The van der Waals surface area contributed by atoms with E-state index in [9.17, 15) is 9.59 Å². The van der Waals surface area contributed by atoms with E-state index in [-0.39, 0.29) is 17.9 Å². The molecular weight excluding hydrogens is 352 g/mol. The summed E-state index contributed by atoms with van der Waals surface area (Å²) in [4.78, 5) is 27.1. The second-order valence-electron chi connectivity index (χ2n) is 7.52. The lowest BCUT2D eigenvalue weighted by atomic mass is 10.0. The number of benzene rings is 2. The molecule has 5 nitrogen and oxygen atoms in total. The number of carbonyl (C=O) groups is 2. The highest BCUT2D eigenvalue weighted by molar-refractivity contribution is 5.97. The molecule has 1 heterocycles. The van der Waals surface area contributed by atoms with Crippen molar-refractivity contribution in [1.29, 1.82) is 0 Å². The molecule has 1 N–H and O–H groups in total. The van der Waals surface area contributed by atoms with E-state index in [1.54, 1.807) is 19.2 Å². The Labute approximate surface area is 166 Å². The maximum atomic E-state index is 12.8. The maximum absolute atomic E-state index is 12.8. The summed E-state index contributed by atoms with van der Waals surface area (Å²) >= 11 is 0. The first-order valence-corrected chi connectivity index (χ1v) is 9.82. The quantitative estimate of drug-likeness (QED) is 0.857. The SMILES string of the molecule is COc1ccccc1C(=O)N1CCC(NC(=O)c2ccc(C(C)C)cc2)CC1. The lowest BCUT2D eigenvalue weighted by Crippen LogP contribution is -2.46. The molecule has 1 fully saturated rings. The summed E-state index contributed by atoms with van der Waals surface area (Å²) in [6.45, 7) is 5.51. The number of nitrogens with one attached hydrogen (secondary N) is 1. The predicted octanol–water partition coefficient (Wildman–Crippen LogP) is 3.85. The van der Waals surface area contributed by atoms with Crippen LogP contribution >= 0.6 is 0 Å². The van der Waals surface area contributed by atoms with Gasteiger partial charge in [0.05, 0.1) is 12.7 Å². The van der Waals surface area contributed by atoms with E-state index in [1.165, 1.54) is 5.56 Å². The Bertz CT molecular complexity index is 822. The van der Waals surface area contributed by atoms with E-state index in [4.69, 9.17) is 4.74 Å². The van der Waals surface area contributed by atoms with E-state index < -0.39 is 0 Å². The van der Waals surface area contributed by atoms with Gasteiger partial charge in [-0.25, -0.2) is 0 Å². The smallest absolute Gasteiger partial charge is 0.257 e. The van der Waals surface area contributed by atoms with E-state index in [0.29, 0.717) is 35.9 Å². The third-order valence-corrected chi connectivity index (χ3v) is 5.29. The second kappa shape index (κ2) is 8.91. The van der Waals surface area contributed by atoms with Crippen molar-refractivity contribution in [2.75, 3.05) is 20.2 Å². The fraction of sp³-hybridized carbons (Fsp3) is 0.391. The predicted molar refractivity (Wildman–Crippen MR) is 110 cm³/mol. The molecule has 1 aliphatic heterocycles. The highest BCUT2D eigenvalue weighted by atomic mass is 16.5. The number of likely N-dealkylation sites (tertiary alicyclic amines) is 1. The Hall–Kier alpha value is -2.82. The van der Waals surface area contributed by atoms with Gasteiger partial charge in [-0.05, 0) is 48.6 Å². The van der Waals surface area contributed by atoms with Crippen molar-refractivity contribution in [3.8, 4) is 5.75 Å². The molecule has 5 heteroatoms. The highest BCUT2D eigenvalue weighted by Gasteiger charge is 2.26. The van der Waals surface area contributed by atoms with Gasteiger partial charge >= 0.3 is 0 Å². The first-order valence-electron chi connectivity index (χ1n) is 9.82. The topological polar surface area (TPSA) is 58.6 Å². The Morgan fingerprint density at radius 2 is 1.68 bits per heavy atom. The van der Waals surface area contributed by atoms with Gasteiger partial charge in [0.25, 0.3) is 11.8 Å². The molecule has 0 radical (unpaired) electrons. The minimum Gasteiger partial charge on any atom is -0.496 e. The fourth-order valence-electron chi connectivity index (χ4n) is 3.51. The van der Waals surface area contributed by atoms with Crippen molar-refractivity contribution in [2.45, 2.75) is 38.6 Å². The molecule has 2 amide bonds. The molecule has 1 saturated heterocycles. The molecule has 148 valence electrons. The lowest BCUT2D eigenvalue weighted by Gasteiger charge is -2.32. The molecule has 3 rings (SSSR count). The molecule has 0 aliphatic carbocycles. The first-order chi connectivity index (χ1) is 13.5. The molecule has 0 saturated carbocycles. The molecule has 0 atom stereocenters. The first kappa shape index (κ1) is 19.9. The standard InChI is InChI=1S/C23H28N2O3/c1-16(2)17-8-10-18(11-9-17)22(26)24-19-12-14-25(15-13-19)23(27)20-6-4-5-7-21(20)28-3/h4-11,16,19H,12-15H2,1-3H3,(H,24,26). The molecule has 2 aromatic carbocycles. The van der Waals surface area contributed by atoms with Gasteiger partial charge in [-0.2, -0.15) is 0 Å². The Kier molecular flexibility index (Phi) is 6.34. The zero-order valence-corrected chi connectivity index (χ0v) is 16.8. The number of para-hydroxylation sites is 1. The van der Waals surface area contributed by atoms with Crippen molar-refractivity contribution in [3.63, 3.8) is 0 Å². The van der Waals surface area contributed by atoms with Crippen molar-refractivity contribution in [2.24, 2.45) is 0 Å². The average Bonchev–Trinajstić information content (AvgIpc) is 2.73. The molecule has 1 aliphatic rings. The van der Waals surface area contributed by atoms with Crippen LogP contribution in [0, 0.1) is 0 Å². The number of ether oxygens (including phenoxy) is 1. The number of hydrogen-bond acceptors (Lipinski definition) is 3. The van der Waals surface area contributed by atoms with Crippen molar-refractivity contribution in [1.82, 2.24) is 10.2 Å². The van der Waals surface area contributed by atoms with Crippen molar-refractivity contribution >= 4 is 11.8 Å². The molecule has 28 heavy (non-hydrogen) atoms. The van der Waals surface area contributed by atoms with Gasteiger partial charge in [-0.15, -0.1) is 0 Å². The van der Waals surface area contributed by atoms with Crippen molar-refractivity contribution in [3.05, 3.63) is 65.2 Å². The van der Waals surface area contributed by atoms with Crippen LogP contribution in [0.1, 0.15) is 58.9 Å². The number of rotatable bonds is 5. The van der Waals surface area contributed by atoms with Gasteiger partial charge < -0.3 is 15.0 Å². The minimum atomic E-state index is -0.0511. The maximum Gasteiger partial charge on any atom is 0.257 e. The van der Waals surface area contributed by atoms with Gasteiger partial charge in [-0.1, -0.05) is 38.1 Å². The van der Waals surface area contributed by atoms with Crippen molar-refractivity contribution < 1.29 is 14.3 Å². The lowest BCUT2D eigenvalue weighted by molar-refractivity contribution is 0.0695. The molecule has 0 spiro atoms. The molecule has 2 aromatic rings. The summed E-state index contributed by atoms with van der Waals surface area (Å²) in [5, 5.41) is 3.10. The van der Waals surface area contributed by atoms with Gasteiger partial charge in [0.15, 0.2) is 0 Å². The van der Waals surface area contributed by atoms with E-state index in [1.807, 2.05) is 41.3 Å². The van der Waals surface area contributed by atoms with Crippen LogP contribution in [0.5, 0.6) is 5.75 Å². The summed E-state index contributed by atoms with van der Waals surface area (Å²) in [6.07, 6.45) is 1.49. The monoisotopic (exact) mass is 380 g/mol. The highest BCUT2D eigenvalue weighted by Crippen LogP contribution is 2.22. The zero-order valence-electron chi connectivity index (χ0n) is 16.8. The van der Waals surface area contributed by atoms with E-state index >= 15 is 0 Å². The van der Waals surface area contributed by atoms with Crippen LogP contribution in [0.15, 0.2) is 48.5 Å². The van der Waals surface area contributed by atoms with Gasteiger partial charge in [0.2, 0.25) is 0 Å². The van der Waals surface area contributed by atoms with Crippen LogP contribution in [0.3, 0.4) is 0 Å². The van der Waals surface area contributed by atoms with E-state index in [2.05, 4.69) is 19.2 Å². The third-order valence-electron chi connectivity index (χ3n) is 5.29. The number of nitrogens with zero attached hydrogens (tertiary/aromatic N) is 1. The number of piperidine rings is 1. The number of carbonyl (C=O) groups excluding carboxylic acids is 2. The van der Waals surface area contributed by atoms with Crippen LogP contribution in [-0.4, -0.2) is 43.0 Å². The molecule has 0 aromatic heterocycles. The summed E-state index contributed by atoms with van der Waals surface area (Å²) in [6, 6.07) is 15.1. The number of hydrogen-bond donors (Lipinski definition) is 1. The zero-order chi connectivity index (χ0) is 20.1. The summed E-state index contributed by atoms with van der Waals surface area (Å²) in [5.41, 5.74) is 2.48. The normalized spacial score (nSPS) is 14.8. The molecule has 0 unspecified atom stereocenters. The second-order valence-corrected chi connectivity index (χ2v) is 7.52. The van der Waals surface area contributed by atoms with Gasteiger partial charge in [0, 0.05) is 24.7 Å². The number of methoxy groups -OCH3 is 1. The average molecular weight is 380 g/mol. The van der Waals surface area contributed by atoms with Gasteiger partial charge in [0.1, 0.15) is 5.75 Å². The summed E-state index contributed by atoms with van der Waals surface area (Å²) in [7, 11) is 1.57. The van der Waals surface area contributed by atoms with Gasteiger partial charge in [-0.3, -0.25) is 9.59 Å². The largest absolute Gasteiger partial charge is 0.496 e. The summed E-state index contributed by atoms with van der Waals surface area (Å²) in [5.74, 6) is 0.964. The Morgan fingerprint density at radius 1 is 1.04 bits per heavy atom. The number of amides is 2. The van der Waals surface area contributed by atoms with Crippen LogP contribution in [0.25, 0.3) is 0 Å². The van der Waals surface area contributed by atoms with Crippen LogP contribution in [0.4, 0.5) is 0 Å². The van der Waals surface area contributed by atoms with E-state index in [0.717, 1.165) is 12.8 Å². The molecular formula is C23H28N2O3. The Balaban J connectivity index is 1.55.